The van der Waals surface area contributed by atoms with E-state index in [1.54, 1.807) is 12.1 Å². The van der Waals surface area contributed by atoms with Gasteiger partial charge in [-0.2, -0.15) is 0 Å². The third-order valence-corrected chi connectivity index (χ3v) is 5.79. The van der Waals surface area contributed by atoms with Crippen molar-refractivity contribution in [2.75, 3.05) is 58.0 Å². The summed E-state index contributed by atoms with van der Waals surface area (Å²) in [6.45, 7) is 5.57. The van der Waals surface area contributed by atoms with E-state index in [-0.39, 0.29) is 36.9 Å². The molecule has 3 aliphatic heterocycles. The van der Waals surface area contributed by atoms with E-state index in [0.717, 1.165) is 12.8 Å². The molecule has 0 saturated carbocycles. The number of rotatable bonds is 5. The van der Waals surface area contributed by atoms with Gasteiger partial charge in [-0.1, -0.05) is 0 Å². The van der Waals surface area contributed by atoms with Crippen LogP contribution in [0.15, 0.2) is 12.1 Å². The van der Waals surface area contributed by atoms with Crippen molar-refractivity contribution >= 4 is 23.3 Å². The molecule has 0 radical (unpaired) electrons. The average molecular weight is 417 g/mol. The third-order valence-electron chi connectivity index (χ3n) is 5.79. The molecule has 0 aliphatic carbocycles. The maximum atomic E-state index is 12.6. The smallest absolute Gasteiger partial charge is 0.238 e. The number of anilines is 1. The highest BCUT2D eigenvalue weighted by Crippen LogP contribution is 2.37. The van der Waals surface area contributed by atoms with Crippen molar-refractivity contribution in [2.45, 2.75) is 19.8 Å². The average Bonchev–Trinajstić information content (AvgIpc) is 3.21. The maximum absolute atomic E-state index is 12.6. The zero-order chi connectivity index (χ0) is 21.1. The van der Waals surface area contributed by atoms with Crippen molar-refractivity contribution in [3.05, 3.63) is 17.7 Å². The van der Waals surface area contributed by atoms with E-state index in [9.17, 15) is 14.4 Å². The summed E-state index contributed by atoms with van der Waals surface area (Å²) in [7, 11) is 0. The number of hydrogen-bond donors (Lipinski definition) is 1. The number of hydrogen-bond acceptors (Lipinski definition) is 7. The van der Waals surface area contributed by atoms with E-state index in [1.807, 2.05) is 9.80 Å². The molecule has 3 aliphatic rings. The second-order valence-electron chi connectivity index (χ2n) is 7.84. The Bertz CT molecular complexity index is 828. The Hall–Kier alpha value is -2.65. The Morgan fingerprint density at radius 3 is 2.37 bits per heavy atom. The Labute approximate surface area is 175 Å². The van der Waals surface area contributed by atoms with Gasteiger partial charge in [0.15, 0.2) is 17.3 Å². The molecule has 9 heteroatoms. The van der Waals surface area contributed by atoms with Crippen LogP contribution in [-0.4, -0.2) is 80.1 Å². The first-order chi connectivity index (χ1) is 14.5. The van der Waals surface area contributed by atoms with Gasteiger partial charge in [-0.3, -0.25) is 19.3 Å². The lowest BCUT2D eigenvalue weighted by atomic mass is 9.98. The second-order valence-corrected chi connectivity index (χ2v) is 7.84. The lowest BCUT2D eigenvalue weighted by Gasteiger charge is -2.36. The summed E-state index contributed by atoms with van der Waals surface area (Å²) in [5.41, 5.74) is 0.810. The minimum absolute atomic E-state index is 0.0598. The van der Waals surface area contributed by atoms with Crippen molar-refractivity contribution < 1.29 is 28.6 Å². The van der Waals surface area contributed by atoms with Gasteiger partial charge in [0.1, 0.15) is 0 Å². The quantitative estimate of drug-likeness (QED) is 0.717. The Kier molecular flexibility index (Phi) is 6.19. The predicted molar refractivity (Wildman–Crippen MR) is 108 cm³/mol. The van der Waals surface area contributed by atoms with Gasteiger partial charge in [-0.15, -0.1) is 0 Å². The van der Waals surface area contributed by atoms with Crippen LogP contribution in [0.3, 0.4) is 0 Å². The summed E-state index contributed by atoms with van der Waals surface area (Å²) in [6, 6.07) is 3.22. The molecule has 3 heterocycles. The highest BCUT2D eigenvalue weighted by molar-refractivity contribution is 6.05. The summed E-state index contributed by atoms with van der Waals surface area (Å²) in [6.07, 6.45) is 1.57. The normalized spacial score (nSPS) is 19.6. The first kappa shape index (κ1) is 20.6. The lowest BCUT2D eigenvalue weighted by Crippen LogP contribution is -2.52. The van der Waals surface area contributed by atoms with E-state index >= 15 is 0 Å². The number of carbonyl (C=O) groups excluding carboxylic acids is 3. The highest BCUT2D eigenvalue weighted by atomic mass is 16.7. The van der Waals surface area contributed by atoms with Gasteiger partial charge in [-0.05, 0) is 25.8 Å². The first-order valence-electron chi connectivity index (χ1n) is 10.3. The van der Waals surface area contributed by atoms with Crippen LogP contribution < -0.4 is 14.8 Å². The fourth-order valence-electron chi connectivity index (χ4n) is 4.06. The number of fused-ring (bicyclic) bond motifs is 1. The first-order valence-corrected chi connectivity index (χ1v) is 10.3. The molecule has 0 aromatic heterocycles. The Morgan fingerprint density at radius 2 is 1.70 bits per heavy atom. The van der Waals surface area contributed by atoms with Gasteiger partial charge in [0, 0.05) is 56.9 Å². The lowest BCUT2D eigenvalue weighted by molar-refractivity contribution is -0.140. The molecule has 0 unspecified atom stereocenters. The van der Waals surface area contributed by atoms with Crippen molar-refractivity contribution in [2.24, 2.45) is 5.92 Å². The van der Waals surface area contributed by atoms with Gasteiger partial charge in [0.25, 0.3) is 0 Å². The second kappa shape index (κ2) is 9.01. The van der Waals surface area contributed by atoms with Crippen molar-refractivity contribution in [1.82, 2.24) is 9.80 Å². The zero-order valence-corrected chi connectivity index (χ0v) is 17.1. The topological polar surface area (TPSA) is 97.4 Å². The molecule has 4 rings (SSSR count). The van der Waals surface area contributed by atoms with Crippen LogP contribution in [0.4, 0.5) is 5.69 Å². The van der Waals surface area contributed by atoms with E-state index < -0.39 is 0 Å². The predicted octanol–water partition coefficient (Wildman–Crippen LogP) is 1.13. The summed E-state index contributed by atoms with van der Waals surface area (Å²) >= 11 is 0. The molecular weight excluding hydrogens is 390 g/mol. The van der Waals surface area contributed by atoms with Crippen molar-refractivity contribution in [3.8, 4) is 11.5 Å². The number of ether oxygens (including phenoxy) is 3. The van der Waals surface area contributed by atoms with Crippen LogP contribution in [0.1, 0.15) is 30.1 Å². The largest absolute Gasteiger partial charge is 0.454 e. The van der Waals surface area contributed by atoms with Gasteiger partial charge in [-0.25, -0.2) is 0 Å². The standard InChI is InChI=1S/C21H27N3O6/c1-14(25)16-10-18-19(30-13-29-18)11-17(16)22-20(26)12-23-4-6-24(7-5-23)21(27)15-2-8-28-9-3-15/h10-11,15H,2-9,12-13H2,1H3,(H,22,26). The van der Waals surface area contributed by atoms with Gasteiger partial charge >= 0.3 is 0 Å². The number of nitrogens with one attached hydrogen (secondary N) is 1. The Balaban J connectivity index is 1.30. The van der Waals surface area contributed by atoms with Crippen LogP contribution in [0, 0.1) is 5.92 Å². The minimum Gasteiger partial charge on any atom is -0.454 e. The molecule has 2 fully saturated rings. The van der Waals surface area contributed by atoms with Crippen LogP contribution >= 0.6 is 0 Å². The maximum Gasteiger partial charge on any atom is 0.238 e. The van der Waals surface area contributed by atoms with Crippen LogP contribution in [-0.2, 0) is 14.3 Å². The Morgan fingerprint density at radius 1 is 1.03 bits per heavy atom. The number of Topliss-reactive ketones (excluding diaryl/α,β-unsaturated/α-hetero) is 1. The molecule has 30 heavy (non-hydrogen) atoms. The summed E-state index contributed by atoms with van der Waals surface area (Å²) < 4.78 is 16.0. The molecule has 0 bridgehead atoms. The summed E-state index contributed by atoms with van der Waals surface area (Å²) in [4.78, 5) is 41.1. The molecule has 162 valence electrons. The fraction of sp³-hybridized carbons (Fsp3) is 0.571. The van der Waals surface area contributed by atoms with Gasteiger partial charge in [0.2, 0.25) is 18.6 Å². The third kappa shape index (κ3) is 4.57. The molecule has 2 amide bonds. The van der Waals surface area contributed by atoms with E-state index in [2.05, 4.69) is 5.32 Å². The molecule has 1 aromatic rings. The summed E-state index contributed by atoms with van der Waals surface area (Å²) in [5.74, 6) is 0.905. The number of benzene rings is 1. The van der Waals surface area contributed by atoms with E-state index in [4.69, 9.17) is 14.2 Å². The van der Waals surface area contributed by atoms with Crippen LogP contribution in [0.5, 0.6) is 11.5 Å². The van der Waals surface area contributed by atoms with Crippen molar-refractivity contribution in [1.29, 1.82) is 0 Å². The molecule has 0 spiro atoms. The number of ketones is 1. The molecule has 9 nitrogen and oxygen atoms in total. The number of carbonyl (C=O) groups is 3. The van der Waals surface area contributed by atoms with Crippen LogP contribution in [0.2, 0.25) is 0 Å². The zero-order valence-electron chi connectivity index (χ0n) is 17.1. The SMILES string of the molecule is CC(=O)c1cc2c(cc1NC(=O)CN1CCN(C(=O)C3CCOCC3)CC1)OCO2. The van der Waals surface area contributed by atoms with Crippen LogP contribution in [0.25, 0.3) is 0 Å². The van der Waals surface area contributed by atoms with E-state index in [0.29, 0.717) is 62.1 Å². The summed E-state index contributed by atoms with van der Waals surface area (Å²) in [5, 5.41) is 2.82. The molecular formula is C21H27N3O6. The highest BCUT2D eigenvalue weighted by Gasteiger charge is 2.29. The fourth-order valence-corrected chi connectivity index (χ4v) is 4.06. The molecule has 0 atom stereocenters. The minimum atomic E-state index is -0.208. The number of amides is 2. The van der Waals surface area contributed by atoms with Crippen molar-refractivity contribution in [3.63, 3.8) is 0 Å². The number of piperazine rings is 1. The molecule has 1 N–H and O–H groups in total. The monoisotopic (exact) mass is 417 g/mol. The van der Waals surface area contributed by atoms with Gasteiger partial charge in [0.05, 0.1) is 12.2 Å². The molecule has 1 aromatic carbocycles. The van der Waals surface area contributed by atoms with Gasteiger partial charge < -0.3 is 24.4 Å². The number of nitrogens with zero attached hydrogens (tertiary/aromatic N) is 2. The molecule has 2 saturated heterocycles. The van der Waals surface area contributed by atoms with E-state index in [1.165, 1.54) is 6.92 Å².